The van der Waals surface area contributed by atoms with Crippen LogP contribution >= 0.6 is 15.9 Å². The Morgan fingerprint density at radius 3 is 2.56 bits per heavy atom. The van der Waals surface area contributed by atoms with Gasteiger partial charge in [0.1, 0.15) is 10.4 Å². The predicted molar refractivity (Wildman–Crippen MR) is 93.4 cm³/mol. The van der Waals surface area contributed by atoms with Gasteiger partial charge in [-0.2, -0.15) is 17.9 Å². The molecule has 2 heterocycles. The van der Waals surface area contributed by atoms with Gasteiger partial charge in [-0.25, -0.2) is 13.4 Å². The number of hydrogen-bond donors (Lipinski definition) is 0. The fraction of sp³-hybridized carbons (Fsp3) is 0.200. The number of pyridine rings is 1. The van der Waals surface area contributed by atoms with E-state index in [2.05, 4.69) is 31.2 Å². The molecule has 12 heteroatoms. The molecule has 7 nitrogen and oxygen atoms in total. The van der Waals surface area contributed by atoms with E-state index in [1.807, 2.05) is 0 Å². The lowest BCUT2D eigenvalue weighted by Crippen LogP contribution is -2.26. The van der Waals surface area contributed by atoms with E-state index in [1.165, 1.54) is 19.2 Å². The molecular formula is C15H10BrF3N4O3S. The SMILES string of the molecule is CCS(=O)(=O)c1cc(Br)cnc1-n1nnc2ccc(C(F)(F)F)cc2c1=O. The Bertz CT molecular complexity index is 1210. The van der Waals surface area contributed by atoms with E-state index in [4.69, 9.17) is 0 Å². The fourth-order valence-corrected chi connectivity index (χ4v) is 3.83. The second-order valence-corrected chi connectivity index (χ2v) is 8.58. The van der Waals surface area contributed by atoms with Gasteiger partial charge >= 0.3 is 6.18 Å². The van der Waals surface area contributed by atoms with Crippen LogP contribution in [0.1, 0.15) is 12.5 Å². The van der Waals surface area contributed by atoms with Crippen LogP contribution in [-0.4, -0.2) is 34.1 Å². The summed E-state index contributed by atoms with van der Waals surface area (Å²) in [6.07, 6.45) is -3.41. The van der Waals surface area contributed by atoms with E-state index in [9.17, 15) is 26.4 Å². The second kappa shape index (κ2) is 6.68. The first-order chi connectivity index (χ1) is 12.5. The number of alkyl halides is 3. The highest BCUT2D eigenvalue weighted by Crippen LogP contribution is 2.30. The number of halogens is 4. The van der Waals surface area contributed by atoms with Crippen molar-refractivity contribution in [2.45, 2.75) is 18.0 Å². The summed E-state index contributed by atoms with van der Waals surface area (Å²) in [6, 6.07) is 3.70. The minimum absolute atomic E-state index is 0.0544. The summed E-state index contributed by atoms with van der Waals surface area (Å²) in [4.78, 5) is 16.3. The third kappa shape index (κ3) is 3.58. The number of rotatable bonds is 3. The quantitative estimate of drug-likeness (QED) is 0.593. The van der Waals surface area contributed by atoms with Crippen LogP contribution in [0, 0.1) is 0 Å². The van der Waals surface area contributed by atoms with Gasteiger partial charge in [0, 0.05) is 10.7 Å². The van der Waals surface area contributed by atoms with Crippen molar-refractivity contribution in [2.75, 3.05) is 5.75 Å². The van der Waals surface area contributed by atoms with Crippen molar-refractivity contribution >= 4 is 36.7 Å². The highest BCUT2D eigenvalue weighted by Gasteiger charge is 2.31. The molecule has 0 N–H and O–H groups in total. The molecule has 0 fully saturated rings. The standard InChI is InChI=1S/C15H10BrF3N4O3S/c1-2-27(25,26)12-6-9(16)7-20-13(12)23-14(24)10-5-8(15(17,18)19)3-4-11(10)21-22-23/h3-7H,2H2,1H3. The summed E-state index contributed by atoms with van der Waals surface area (Å²) in [7, 11) is -3.80. The molecule has 3 rings (SSSR count). The summed E-state index contributed by atoms with van der Waals surface area (Å²) >= 11 is 3.10. The van der Waals surface area contributed by atoms with Crippen LogP contribution in [0.4, 0.5) is 13.2 Å². The topological polar surface area (TPSA) is 94.8 Å². The monoisotopic (exact) mass is 462 g/mol. The van der Waals surface area contributed by atoms with Crippen molar-refractivity contribution in [3.63, 3.8) is 0 Å². The van der Waals surface area contributed by atoms with E-state index in [0.717, 1.165) is 12.1 Å². The van der Waals surface area contributed by atoms with Crippen LogP contribution in [0.3, 0.4) is 0 Å². The van der Waals surface area contributed by atoms with E-state index in [1.54, 1.807) is 0 Å². The smallest absolute Gasteiger partial charge is 0.267 e. The van der Waals surface area contributed by atoms with Crippen molar-refractivity contribution in [1.82, 2.24) is 20.0 Å². The summed E-state index contributed by atoms with van der Waals surface area (Å²) in [5.74, 6) is -0.608. The molecule has 1 aromatic carbocycles. The van der Waals surface area contributed by atoms with Gasteiger partial charge in [-0.05, 0) is 40.2 Å². The lowest BCUT2D eigenvalue weighted by molar-refractivity contribution is -0.137. The molecule has 0 bridgehead atoms. The first kappa shape index (κ1) is 19.4. The third-order valence-electron chi connectivity index (χ3n) is 3.70. The Balaban J connectivity index is 2.34. The first-order valence-electron chi connectivity index (χ1n) is 7.40. The summed E-state index contributed by atoms with van der Waals surface area (Å²) < 4.78 is 64.4. The number of hydrogen-bond acceptors (Lipinski definition) is 6. The summed E-state index contributed by atoms with van der Waals surface area (Å²) in [5.41, 5.74) is -2.05. The van der Waals surface area contributed by atoms with E-state index < -0.39 is 27.1 Å². The molecule has 0 aliphatic carbocycles. The molecule has 27 heavy (non-hydrogen) atoms. The highest BCUT2D eigenvalue weighted by atomic mass is 79.9. The number of benzene rings is 1. The van der Waals surface area contributed by atoms with Gasteiger partial charge in [0.25, 0.3) is 5.56 Å². The molecular weight excluding hydrogens is 453 g/mol. The molecule has 0 aliphatic rings. The van der Waals surface area contributed by atoms with Crippen LogP contribution in [0.2, 0.25) is 0 Å². The Kier molecular flexibility index (Phi) is 4.80. The lowest BCUT2D eigenvalue weighted by Gasteiger charge is -2.11. The summed E-state index contributed by atoms with van der Waals surface area (Å²) in [5, 5.41) is 6.99. The van der Waals surface area contributed by atoms with Crippen molar-refractivity contribution in [3.8, 4) is 5.82 Å². The van der Waals surface area contributed by atoms with Gasteiger partial charge in [-0.1, -0.05) is 12.1 Å². The number of nitrogens with zero attached hydrogens (tertiary/aromatic N) is 4. The van der Waals surface area contributed by atoms with Crippen LogP contribution in [0.25, 0.3) is 16.7 Å². The first-order valence-corrected chi connectivity index (χ1v) is 9.85. The van der Waals surface area contributed by atoms with Crippen LogP contribution in [0.5, 0.6) is 0 Å². The van der Waals surface area contributed by atoms with Crippen molar-refractivity contribution < 1.29 is 21.6 Å². The molecule has 3 aromatic rings. The van der Waals surface area contributed by atoms with Gasteiger partial charge < -0.3 is 0 Å². The van der Waals surface area contributed by atoms with E-state index >= 15 is 0 Å². The Labute approximate surface area is 158 Å². The predicted octanol–water partition coefficient (Wildman–Crippen LogP) is 2.75. The molecule has 0 aliphatic heterocycles. The van der Waals surface area contributed by atoms with Gasteiger partial charge in [0.2, 0.25) is 0 Å². The molecule has 0 unspecified atom stereocenters. The maximum atomic E-state index is 12.9. The Morgan fingerprint density at radius 1 is 1.22 bits per heavy atom. The summed E-state index contributed by atoms with van der Waals surface area (Å²) in [6.45, 7) is 1.41. The zero-order valence-corrected chi connectivity index (χ0v) is 15.9. The molecule has 0 spiro atoms. The maximum Gasteiger partial charge on any atom is 0.416 e. The van der Waals surface area contributed by atoms with E-state index in [-0.39, 0.29) is 27.4 Å². The third-order valence-corrected chi connectivity index (χ3v) is 5.87. The Morgan fingerprint density at radius 2 is 1.93 bits per heavy atom. The molecule has 2 aromatic heterocycles. The van der Waals surface area contributed by atoms with Gasteiger partial charge in [-0.15, -0.1) is 5.10 Å². The number of aromatic nitrogens is 4. The Hall–Kier alpha value is -2.34. The molecule has 0 radical (unpaired) electrons. The zero-order chi connectivity index (χ0) is 20.0. The normalized spacial score (nSPS) is 12.5. The van der Waals surface area contributed by atoms with Gasteiger partial charge in [0.05, 0.1) is 16.7 Å². The molecule has 0 amide bonds. The van der Waals surface area contributed by atoms with Gasteiger partial charge in [-0.3, -0.25) is 4.79 Å². The van der Waals surface area contributed by atoms with Crippen LogP contribution < -0.4 is 5.56 Å². The average Bonchev–Trinajstić information content (AvgIpc) is 2.61. The van der Waals surface area contributed by atoms with Crippen molar-refractivity contribution in [1.29, 1.82) is 0 Å². The molecule has 0 saturated heterocycles. The molecule has 0 saturated carbocycles. The van der Waals surface area contributed by atoms with Gasteiger partial charge in [0.15, 0.2) is 15.7 Å². The molecule has 142 valence electrons. The minimum Gasteiger partial charge on any atom is -0.267 e. The number of fused-ring (bicyclic) bond motifs is 1. The van der Waals surface area contributed by atoms with Crippen molar-refractivity contribution in [3.05, 3.63) is 50.9 Å². The highest BCUT2D eigenvalue weighted by molar-refractivity contribution is 9.10. The zero-order valence-electron chi connectivity index (χ0n) is 13.5. The minimum atomic E-state index is -4.65. The lowest BCUT2D eigenvalue weighted by atomic mass is 10.1. The second-order valence-electron chi connectivity index (χ2n) is 5.41. The maximum absolute atomic E-state index is 12.9. The van der Waals surface area contributed by atoms with Crippen LogP contribution in [0.15, 0.2) is 44.6 Å². The van der Waals surface area contributed by atoms with E-state index in [0.29, 0.717) is 15.2 Å². The fourth-order valence-electron chi connectivity index (χ4n) is 2.31. The largest absolute Gasteiger partial charge is 0.416 e. The average molecular weight is 463 g/mol. The van der Waals surface area contributed by atoms with Crippen molar-refractivity contribution in [2.24, 2.45) is 0 Å². The molecule has 0 atom stereocenters. The van der Waals surface area contributed by atoms with Crippen LogP contribution in [-0.2, 0) is 16.0 Å². The number of sulfone groups is 1.